The summed E-state index contributed by atoms with van der Waals surface area (Å²) in [6.07, 6.45) is 6.92. The first-order chi connectivity index (χ1) is 10.5. The van der Waals surface area contributed by atoms with E-state index in [0.717, 1.165) is 24.8 Å². The molecule has 5 rings (SSSR count). The Hall–Kier alpha value is -1.84. The van der Waals surface area contributed by atoms with Gasteiger partial charge in [0.2, 0.25) is 0 Å². The van der Waals surface area contributed by atoms with Gasteiger partial charge >= 0.3 is 11.9 Å². The van der Waals surface area contributed by atoms with Gasteiger partial charge in [-0.05, 0) is 85.5 Å². The Morgan fingerprint density at radius 1 is 0.909 bits per heavy atom. The maximum atomic E-state index is 11.6. The van der Waals surface area contributed by atoms with Crippen LogP contribution in [0.5, 0.6) is 0 Å². The van der Waals surface area contributed by atoms with Crippen molar-refractivity contribution >= 4 is 11.9 Å². The molecule has 0 radical (unpaired) electrons. The summed E-state index contributed by atoms with van der Waals surface area (Å²) in [5.74, 6) is 0.162. The van der Waals surface area contributed by atoms with Crippen LogP contribution in [0.25, 0.3) is 0 Å². The van der Waals surface area contributed by atoms with Gasteiger partial charge in [-0.2, -0.15) is 0 Å². The molecule has 0 unspecified atom stereocenters. The number of aromatic carboxylic acids is 2. The molecular formula is C18H20O4. The molecule has 0 atom stereocenters. The summed E-state index contributed by atoms with van der Waals surface area (Å²) in [5, 5.41) is 18.8. The quantitative estimate of drug-likeness (QED) is 0.895. The van der Waals surface area contributed by atoms with Gasteiger partial charge < -0.3 is 10.2 Å². The van der Waals surface area contributed by atoms with Crippen molar-refractivity contribution in [1.29, 1.82) is 0 Å². The lowest BCUT2D eigenvalue weighted by Crippen LogP contribution is -2.49. The fourth-order valence-electron chi connectivity index (χ4n) is 5.74. The Bertz CT molecular complexity index is 626. The number of carboxylic acid groups (broad SMARTS) is 2. The number of hydrogen-bond acceptors (Lipinski definition) is 2. The molecule has 4 fully saturated rings. The van der Waals surface area contributed by atoms with Crippen LogP contribution in [0.1, 0.15) is 64.8 Å². The Kier molecular flexibility index (Phi) is 2.87. The fraction of sp³-hybridized carbons (Fsp3) is 0.556. The van der Waals surface area contributed by atoms with Gasteiger partial charge in [0.05, 0.1) is 11.1 Å². The van der Waals surface area contributed by atoms with E-state index >= 15 is 0 Å². The van der Waals surface area contributed by atoms with Gasteiger partial charge in [0.15, 0.2) is 0 Å². The van der Waals surface area contributed by atoms with Crippen LogP contribution in [0.3, 0.4) is 0 Å². The van der Waals surface area contributed by atoms with E-state index in [4.69, 9.17) is 0 Å². The maximum absolute atomic E-state index is 11.6. The molecular weight excluding hydrogens is 280 g/mol. The van der Waals surface area contributed by atoms with Crippen LogP contribution in [0.4, 0.5) is 0 Å². The van der Waals surface area contributed by atoms with Crippen molar-refractivity contribution in [3.8, 4) is 0 Å². The molecule has 0 spiro atoms. The summed E-state index contributed by atoms with van der Waals surface area (Å²) in [4.78, 5) is 23.0. The van der Waals surface area contributed by atoms with E-state index in [2.05, 4.69) is 0 Å². The number of hydrogen-bond donors (Lipinski definition) is 2. The molecule has 0 aromatic heterocycles. The highest BCUT2D eigenvalue weighted by Crippen LogP contribution is 2.61. The predicted molar refractivity (Wildman–Crippen MR) is 80.2 cm³/mol. The van der Waals surface area contributed by atoms with Gasteiger partial charge in [-0.25, -0.2) is 9.59 Å². The van der Waals surface area contributed by atoms with Crippen LogP contribution in [0.2, 0.25) is 0 Å². The molecule has 4 saturated carbocycles. The average Bonchev–Trinajstić information content (AvgIpc) is 2.45. The third kappa shape index (κ3) is 1.97. The highest BCUT2D eigenvalue weighted by Gasteiger charge is 2.52. The number of benzene rings is 1. The molecule has 4 aliphatic rings. The minimum absolute atomic E-state index is 0.103. The predicted octanol–water partition coefficient (Wildman–Crippen LogP) is 3.55. The van der Waals surface area contributed by atoms with E-state index in [9.17, 15) is 19.8 Å². The Morgan fingerprint density at radius 3 is 1.91 bits per heavy atom. The van der Waals surface area contributed by atoms with Crippen molar-refractivity contribution in [3.05, 3.63) is 34.9 Å². The number of carboxylic acids is 2. The minimum atomic E-state index is -0.983. The zero-order chi connectivity index (χ0) is 15.5. The Balaban J connectivity index is 1.85. The van der Waals surface area contributed by atoms with Gasteiger partial charge in [-0.3, -0.25) is 0 Å². The number of rotatable bonds is 3. The van der Waals surface area contributed by atoms with Crippen molar-refractivity contribution in [2.75, 3.05) is 0 Å². The third-order valence-electron chi connectivity index (χ3n) is 6.11. The van der Waals surface area contributed by atoms with Crippen LogP contribution < -0.4 is 0 Å². The summed E-state index contributed by atoms with van der Waals surface area (Å²) >= 11 is 0. The fourth-order valence-corrected chi connectivity index (χ4v) is 5.74. The first kappa shape index (κ1) is 13.8. The van der Waals surface area contributed by atoms with Gasteiger partial charge in [-0.1, -0.05) is 0 Å². The molecule has 4 aliphatic carbocycles. The monoisotopic (exact) mass is 300 g/mol. The lowest BCUT2D eigenvalue weighted by Gasteiger charge is -2.57. The van der Waals surface area contributed by atoms with Gasteiger partial charge in [0, 0.05) is 0 Å². The molecule has 1 aromatic rings. The van der Waals surface area contributed by atoms with Gasteiger partial charge in [0.1, 0.15) is 0 Å². The van der Waals surface area contributed by atoms with E-state index in [0.29, 0.717) is 23.3 Å². The second-order valence-electron chi connectivity index (χ2n) is 7.57. The molecule has 22 heavy (non-hydrogen) atoms. The lowest BCUT2D eigenvalue weighted by atomic mass is 9.47. The Morgan fingerprint density at radius 2 is 1.45 bits per heavy atom. The summed E-state index contributed by atoms with van der Waals surface area (Å²) in [5.41, 5.74) is 1.18. The van der Waals surface area contributed by atoms with E-state index in [1.165, 1.54) is 31.4 Å². The summed E-state index contributed by atoms with van der Waals surface area (Å²) in [6.45, 7) is 0. The van der Waals surface area contributed by atoms with Crippen molar-refractivity contribution in [2.45, 2.75) is 43.9 Å². The molecule has 116 valence electrons. The van der Waals surface area contributed by atoms with Crippen LogP contribution in [0.15, 0.2) is 18.2 Å². The first-order valence-electron chi connectivity index (χ1n) is 8.08. The van der Waals surface area contributed by atoms with Gasteiger partial charge in [-0.15, -0.1) is 0 Å². The molecule has 1 aromatic carbocycles. The maximum Gasteiger partial charge on any atom is 0.335 e. The van der Waals surface area contributed by atoms with Crippen molar-refractivity contribution in [1.82, 2.24) is 0 Å². The van der Waals surface area contributed by atoms with E-state index in [1.54, 1.807) is 6.07 Å². The van der Waals surface area contributed by atoms with Crippen molar-refractivity contribution < 1.29 is 19.8 Å². The molecule has 0 amide bonds. The highest BCUT2D eigenvalue weighted by atomic mass is 16.4. The first-order valence-corrected chi connectivity index (χ1v) is 8.08. The topological polar surface area (TPSA) is 74.6 Å². The zero-order valence-electron chi connectivity index (χ0n) is 12.4. The minimum Gasteiger partial charge on any atom is -0.478 e. The largest absolute Gasteiger partial charge is 0.478 e. The molecule has 0 saturated heterocycles. The van der Waals surface area contributed by atoms with E-state index in [1.807, 2.05) is 0 Å². The van der Waals surface area contributed by atoms with Crippen molar-refractivity contribution in [2.24, 2.45) is 17.8 Å². The van der Waals surface area contributed by atoms with Crippen molar-refractivity contribution in [3.63, 3.8) is 0 Å². The molecule has 4 nitrogen and oxygen atoms in total. The third-order valence-corrected chi connectivity index (χ3v) is 6.11. The molecule has 4 bridgehead atoms. The summed E-state index contributed by atoms with van der Waals surface area (Å²) < 4.78 is 0. The molecule has 0 aliphatic heterocycles. The standard InChI is InChI=1S/C18H20O4/c19-16(20)13-1-2-14(17(21)22)15(6-13)18-7-10-3-11(8-18)5-12(4-10)9-18/h1-2,6,10-12H,3-5,7-9H2,(H,19,20)(H,21,22). The lowest BCUT2D eigenvalue weighted by molar-refractivity contribution is -0.00585. The van der Waals surface area contributed by atoms with Crippen LogP contribution in [-0.4, -0.2) is 22.2 Å². The van der Waals surface area contributed by atoms with Gasteiger partial charge in [0.25, 0.3) is 0 Å². The highest BCUT2D eigenvalue weighted by molar-refractivity contribution is 5.93. The zero-order valence-corrected chi connectivity index (χ0v) is 12.4. The SMILES string of the molecule is O=C(O)c1ccc(C(=O)O)c(C23CC4CC(CC(C4)C2)C3)c1. The van der Waals surface area contributed by atoms with Crippen LogP contribution in [-0.2, 0) is 5.41 Å². The smallest absolute Gasteiger partial charge is 0.335 e. The summed E-state index contributed by atoms with van der Waals surface area (Å²) in [6, 6.07) is 4.54. The normalized spacial score (nSPS) is 35.5. The van der Waals surface area contributed by atoms with E-state index in [-0.39, 0.29) is 11.0 Å². The second kappa shape index (κ2) is 4.58. The Labute approximate surface area is 129 Å². The molecule has 2 N–H and O–H groups in total. The number of carbonyl (C=O) groups is 2. The second-order valence-corrected chi connectivity index (χ2v) is 7.57. The molecule has 4 heteroatoms. The molecule has 0 heterocycles. The summed E-state index contributed by atoms with van der Waals surface area (Å²) in [7, 11) is 0. The average molecular weight is 300 g/mol. The van der Waals surface area contributed by atoms with E-state index < -0.39 is 11.9 Å². The van der Waals surface area contributed by atoms with Crippen LogP contribution >= 0.6 is 0 Å². The van der Waals surface area contributed by atoms with Crippen LogP contribution in [0, 0.1) is 17.8 Å².